The monoisotopic (exact) mass is 587 g/mol. The van der Waals surface area contributed by atoms with E-state index >= 15 is 0 Å². The molecule has 1 aromatic heterocycles. The van der Waals surface area contributed by atoms with E-state index < -0.39 is 0 Å². The lowest BCUT2D eigenvalue weighted by atomic mass is 9.86. The summed E-state index contributed by atoms with van der Waals surface area (Å²) >= 11 is 0. The Hall–Kier alpha value is -5.86. The Morgan fingerprint density at radius 1 is 0.478 bits per heavy atom. The molecule has 0 fully saturated rings. The number of hydrogen-bond donors (Lipinski definition) is 0. The predicted octanol–water partition coefficient (Wildman–Crippen LogP) is 11.6. The number of hydrogen-bond acceptors (Lipinski definition) is 1. The molecule has 2 heterocycles. The van der Waals surface area contributed by atoms with Gasteiger partial charge >= 0.3 is 0 Å². The van der Waals surface area contributed by atoms with Crippen molar-refractivity contribution < 1.29 is 4.74 Å². The highest BCUT2D eigenvalue weighted by Gasteiger charge is 2.26. The Morgan fingerprint density at radius 2 is 1.24 bits per heavy atom. The van der Waals surface area contributed by atoms with Gasteiger partial charge in [0.05, 0.1) is 16.7 Å². The number of allylic oxidation sites excluding steroid dienone is 1. The Labute approximate surface area is 267 Å². The maximum atomic E-state index is 6.44. The van der Waals surface area contributed by atoms with Gasteiger partial charge in [0.15, 0.2) is 0 Å². The summed E-state index contributed by atoms with van der Waals surface area (Å²) in [5, 5.41) is 5.00. The molecular formula is C44H29NO. The molecular weight excluding hydrogens is 558 g/mol. The number of nitrogens with zero attached hydrogens (tertiary/aromatic N) is 1. The van der Waals surface area contributed by atoms with Crippen LogP contribution in [0.5, 0.6) is 5.75 Å². The first-order chi connectivity index (χ1) is 22.8. The van der Waals surface area contributed by atoms with Gasteiger partial charge in [0.1, 0.15) is 11.5 Å². The highest BCUT2D eigenvalue weighted by atomic mass is 16.5. The zero-order chi connectivity index (χ0) is 30.2. The van der Waals surface area contributed by atoms with E-state index in [4.69, 9.17) is 4.74 Å². The molecule has 0 spiro atoms. The molecule has 8 aromatic rings. The summed E-state index contributed by atoms with van der Waals surface area (Å²) in [4.78, 5) is 0. The zero-order valence-corrected chi connectivity index (χ0v) is 25.2. The van der Waals surface area contributed by atoms with Gasteiger partial charge in [-0.3, -0.25) is 0 Å². The minimum absolute atomic E-state index is 0.935. The van der Waals surface area contributed by atoms with E-state index in [0.29, 0.717) is 0 Å². The number of fused-ring (bicyclic) bond motifs is 6. The first-order valence-electron chi connectivity index (χ1n) is 16.1. The smallest absolute Gasteiger partial charge is 0.135 e. The van der Waals surface area contributed by atoms with E-state index in [0.717, 1.165) is 24.4 Å². The SMILES string of the molecule is C1=C2Oc3ccc(-c4ccc5c(c4)c4ccccc4n5-c4ccc(-c5ccccc5)c5ccccc45)cc3-c3cccc(c32)CC1. The highest BCUT2D eigenvalue weighted by Crippen LogP contribution is 2.47. The Kier molecular flexibility index (Phi) is 5.44. The molecule has 1 aliphatic carbocycles. The average Bonchev–Trinajstić information content (AvgIpc) is 3.45. The van der Waals surface area contributed by atoms with Gasteiger partial charge in [-0.1, -0.05) is 109 Å². The lowest BCUT2D eigenvalue weighted by Crippen LogP contribution is -2.11. The van der Waals surface area contributed by atoms with Crippen molar-refractivity contribution in [3.05, 3.63) is 163 Å². The molecule has 0 unspecified atom stereocenters. The van der Waals surface area contributed by atoms with Gasteiger partial charge < -0.3 is 9.30 Å². The van der Waals surface area contributed by atoms with E-state index in [2.05, 4.69) is 156 Å². The number of aromatic nitrogens is 1. The quantitative estimate of drug-likeness (QED) is 0.201. The fourth-order valence-electron chi connectivity index (χ4n) is 7.76. The predicted molar refractivity (Wildman–Crippen MR) is 192 cm³/mol. The maximum absolute atomic E-state index is 6.44. The topological polar surface area (TPSA) is 14.2 Å². The van der Waals surface area contributed by atoms with E-state index in [9.17, 15) is 0 Å². The fourth-order valence-corrected chi connectivity index (χ4v) is 7.76. The third kappa shape index (κ3) is 3.71. The lowest BCUT2D eigenvalue weighted by Gasteiger charge is -2.28. The summed E-state index contributed by atoms with van der Waals surface area (Å²) < 4.78 is 8.88. The van der Waals surface area contributed by atoms with Crippen LogP contribution in [0, 0.1) is 0 Å². The third-order valence-corrected chi connectivity index (χ3v) is 9.86. The highest BCUT2D eigenvalue weighted by molar-refractivity contribution is 6.12. The molecule has 0 saturated carbocycles. The molecule has 0 saturated heterocycles. The van der Waals surface area contributed by atoms with Crippen molar-refractivity contribution in [2.24, 2.45) is 0 Å². The van der Waals surface area contributed by atoms with E-state index in [1.165, 1.54) is 82.8 Å². The summed E-state index contributed by atoms with van der Waals surface area (Å²) in [6.07, 6.45) is 4.33. The van der Waals surface area contributed by atoms with Crippen molar-refractivity contribution in [1.82, 2.24) is 4.57 Å². The van der Waals surface area contributed by atoms with Crippen LogP contribution in [0.2, 0.25) is 0 Å². The first-order valence-corrected chi connectivity index (χ1v) is 16.1. The Morgan fingerprint density at radius 3 is 2.15 bits per heavy atom. The normalized spacial score (nSPS) is 13.3. The van der Waals surface area contributed by atoms with Gasteiger partial charge in [0, 0.05) is 27.3 Å². The van der Waals surface area contributed by atoms with Crippen LogP contribution >= 0.6 is 0 Å². The third-order valence-electron chi connectivity index (χ3n) is 9.86. The molecule has 2 aliphatic rings. The van der Waals surface area contributed by atoms with Gasteiger partial charge in [-0.15, -0.1) is 0 Å². The number of benzene rings is 7. The Balaban J connectivity index is 1.16. The summed E-state index contributed by atoms with van der Waals surface area (Å²) in [7, 11) is 0. The molecule has 0 amide bonds. The molecule has 7 aromatic carbocycles. The van der Waals surface area contributed by atoms with Crippen LogP contribution in [0.4, 0.5) is 0 Å². The largest absolute Gasteiger partial charge is 0.456 e. The van der Waals surface area contributed by atoms with E-state index in [1.807, 2.05) is 0 Å². The van der Waals surface area contributed by atoms with Gasteiger partial charge in [-0.05, 0) is 94.1 Å². The van der Waals surface area contributed by atoms with Crippen molar-refractivity contribution in [1.29, 1.82) is 0 Å². The van der Waals surface area contributed by atoms with Crippen LogP contribution in [-0.4, -0.2) is 4.57 Å². The molecule has 0 bridgehead atoms. The van der Waals surface area contributed by atoms with Crippen molar-refractivity contribution in [2.75, 3.05) is 0 Å². The van der Waals surface area contributed by atoms with E-state index in [-0.39, 0.29) is 0 Å². The van der Waals surface area contributed by atoms with Crippen molar-refractivity contribution >= 4 is 38.3 Å². The standard InChI is InChI=1S/C44H29NO/c1-2-10-28(11-3-1)32-22-24-40(34-15-5-4-14-33(32)34)45-39-18-7-6-16-35(39)37-26-30(20-23-41(37)45)31-21-25-42-38(27-31)36-17-8-12-29-13-9-19-43(46-42)44(29)36/h1-8,10-12,14-27H,9,13H2. The number of ether oxygens (including phenoxy) is 1. The second kappa shape index (κ2) is 9.82. The van der Waals surface area contributed by atoms with Gasteiger partial charge in [-0.2, -0.15) is 0 Å². The molecule has 0 atom stereocenters. The molecule has 2 nitrogen and oxygen atoms in total. The second-order valence-corrected chi connectivity index (χ2v) is 12.4. The van der Waals surface area contributed by atoms with Crippen LogP contribution in [0.15, 0.2) is 152 Å². The average molecular weight is 588 g/mol. The van der Waals surface area contributed by atoms with Gasteiger partial charge in [-0.25, -0.2) is 0 Å². The molecule has 0 radical (unpaired) electrons. The summed E-state index contributed by atoms with van der Waals surface area (Å²) in [6, 6.07) is 53.1. The van der Waals surface area contributed by atoms with Crippen molar-refractivity contribution in [3.63, 3.8) is 0 Å². The van der Waals surface area contributed by atoms with E-state index in [1.54, 1.807) is 0 Å². The molecule has 2 heteroatoms. The van der Waals surface area contributed by atoms with Crippen LogP contribution in [0.25, 0.3) is 77.4 Å². The minimum Gasteiger partial charge on any atom is -0.456 e. The van der Waals surface area contributed by atoms with Crippen LogP contribution < -0.4 is 4.74 Å². The number of aryl methyl sites for hydroxylation is 1. The molecule has 46 heavy (non-hydrogen) atoms. The second-order valence-electron chi connectivity index (χ2n) is 12.4. The van der Waals surface area contributed by atoms with Gasteiger partial charge in [0.2, 0.25) is 0 Å². The molecule has 10 rings (SSSR count). The zero-order valence-electron chi connectivity index (χ0n) is 25.2. The summed E-state index contributed by atoms with van der Waals surface area (Å²) in [5.41, 5.74) is 13.6. The molecule has 1 aliphatic heterocycles. The molecule has 0 N–H and O–H groups in total. The van der Waals surface area contributed by atoms with Crippen LogP contribution in [0.3, 0.4) is 0 Å². The van der Waals surface area contributed by atoms with Crippen molar-refractivity contribution in [3.8, 4) is 44.8 Å². The van der Waals surface area contributed by atoms with Gasteiger partial charge in [0.25, 0.3) is 0 Å². The minimum atomic E-state index is 0.935. The van der Waals surface area contributed by atoms with Crippen LogP contribution in [0.1, 0.15) is 17.5 Å². The Bertz CT molecular complexity index is 2550. The van der Waals surface area contributed by atoms with Crippen molar-refractivity contribution in [2.45, 2.75) is 12.8 Å². The fraction of sp³-hybridized carbons (Fsp3) is 0.0455. The number of rotatable bonds is 3. The number of para-hydroxylation sites is 1. The maximum Gasteiger partial charge on any atom is 0.135 e. The van der Waals surface area contributed by atoms with Crippen LogP contribution in [-0.2, 0) is 6.42 Å². The summed E-state index contributed by atoms with van der Waals surface area (Å²) in [6.45, 7) is 0. The molecule has 216 valence electrons. The first kappa shape index (κ1) is 25.5. The lowest BCUT2D eigenvalue weighted by molar-refractivity contribution is 0.505. The summed E-state index contributed by atoms with van der Waals surface area (Å²) in [5.74, 6) is 1.95.